The Labute approximate surface area is 318 Å². The van der Waals surface area contributed by atoms with Crippen molar-refractivity contribution >= 4 is 33.6 Å². The number of aromatic nitrogens is 3. The van der Waals surface area contributed by atoms with E-state index in [1.165, 1.54) is 7.11 Å². The number of benzene rings is 2. The van der Waals surface area contributed by atoms with Gasteiger partial charge in [-0.25, -0.2) is 18.6 Å². The summed E-state index contributed by atoms with van der Waals surface area (Å²) in [6.45, 7) is 7.40. The fraction of sp³-hybridized carbons (Fsp3) is 0.512. The lowest BCUT2D eigenvalue weighted by Crippen LogP contribution is -2.63. The van der Waals surface area contributed by atoms with Crippen LogP contribution in [-0.4, -0.2) is 113 Å². The van der Waals surface area contributed by atoms with Gasteiger partial charge in [-0.05, 0) is 76.6 Å². The number of terminal acetylenes is 1. The van der Waals surface area contributed by atoms with Crippen LogP contribution in [0.15, 0.2) is 30.3 Å². The molecule has 2 aromatic heterocycles. The molecule has 0 radical (unpaired) electrons. The van der Waals surface area contributed by atoms with Gasteiger partial charge >= 0.3 is 12.1 Å². The predicted octanol–water partition coefficient (Wildman–Crippen LogP) is 6.25. The van der Waals surface area contributed by atoms with Crippen molar-refractivity contribution in [1.29, 1.82) is 0 Å². The molecule has 9 rings (SSSR count). The minimum absolute atomic E-state index is 0.0260. The van der Waals surface area contributed by atoms with Gasteiger partial charge in [-0.2, -0.15) is 9.97 Å². The minimum atomic E-state index is -0.944. The van der Waals surface area contributed by atoms with E-state index in [0.717, 1.165) is 37.6 Å². The van der Waals surface area contributed by atoms with Gasteiger partial charge in [0, 0.05) is 43.1 Å². The van der Waals surface area contributed by atoms with Crippen molar-refractivity contribution in [2.75, 3.05) is 51.7 Å². The number of hydrogen-bond acceptors (Lipinski definition) is 11. The molecule has 0 N–H and O–H groups in total. The number of piperazine rings is 1. The van der Waals surface area contributed by atoms with E-state index in [4.69, 9.17) is 45.1 Å². The average Bonchev–Trinajstić information content (AvgIpc) is 3.76. The number of anilines is 1. The molecule has 4 saturated heterocycles. The number of pyridine rings is 1. The smallest absolute Gasteiger partial charge is 0.410 e. The van der Waals surface area contributed by atoms with Gasteiger partial charge in [0.15, 0.2) is 12.6 Å². The second-order valence-corrected chi connectivity index (χ2v) is 16.3. The van der Waals surface area contributed by atoms with Crippen molar-refractivity contribution in [3.63, 3.8) is 0 Å². The molecule has 4 fully saturated rings. The zero-order valence-corrected chi connectivity index (χ0v) is 31.4. The molecule has 14 heteroatoms. The third-order valence-corrected chi connectivity index (χ3v) is 11.7. The van der Waals surface area contributed by atoms with E-state index in [1.54, 1.807) is 12.1 Å². The maximum Gasteiger partial charge on any atom is 0.410 e. The predicted molar refractivity (Wildman–Crippen MR) is 201 cm³/mol. The minimum Gasteiger partial charge on any atom is -0.475 e. The van der Waals surface area contributed by atoms with E-state index in [2.05, 4.69) is 15.7 Å². The number of fused-ring (bicyclic) bond motifs is 7. The zero-order chi connectivity index (χ0) is 38.2. The maximum atomic E-state index is 17.5. The molecule has 5 aliphatic heterocycles. The molecule has 2 aromatic carbocycles. The zero-order valence-electron chi connectivity index (χ0n) is 31.4. The van der Waals surface area contributed by atoms with E-state index in [-0.39, 0.29) is 67.3 Å². The van der Waals surface area contributed by atoms with Crippen LogP contribution in [0.4, 0.5) is 19.4 Å². The second kappa shape index (κ2) is 13.3. The Hall–Kier alpha value is -5.00. The Morgan fingerprint density at radius 1 is 1.11 bits per heavy atom. The topological polar surface area (TPSA) is 112 Å². The van der Waals surface area contributed by atoms with Gasteiger partial charge in [0.2, 0.25) is 5.88 Å². The fourth-order valence-corrected chi connectivity index (χ4v) is 9.47. The summed E-state index contributed by atoms with van der Waals surface area (Å²) >= 11 is 0. The summed E-state index contributed by atoms with van der Waals surface area (Å²) in [5.41, 5.74) is -0.287. The molecule has 55 heavy (non-hydrogen) atoms. The van der Waals surface area contributed by atoms with Crippen molar-refractivity contribution in [3.8, 4) is 41.2 Å². The molecule has 0 spiro atoms. The van der Waals surface area contributed by atoms with Crippen molar-refractivity contribution in [2.45, 2.75) is 88.3 Å². The lowest BCUT2D eigenvalue weighted by atomic mass is 9.95. The Kier molecular flexibility index (Phi) is 8.65. The highest BCUT2D eigenvalue weighted by Crippen LogP contribution is 2.47. The van der Waals surface area contributed by atoms with Crippen molar-refractivity contribution < 1.29 is 37.3 Å². The normalized spacial score (nSPS) is 25.7. The van der Waals surface area contributed by atoms with Crippen LogP contribution in [-0.2, 0) is 9.47 Å². The summed E-state index contributed by atoms with van der Waals surface area (Å²) in [6, 6.07) is 8.18. The molecule has 5 atom stereocenters. The van der Waals surface area contributed by atoms with Crippen molar-refractivity contribution in [3.05, 3.63) is 41.7 Å². The van der Waals surface area contributed by atoms with Crippen LogP contribution >= 0.6 is 0 Å². The van der Waals surface area contributed by atoms with Gasteiger partial charge in [0.05, 0.1) is 23.7 Å². The van der Waals surface area contributed by atoms with Crippen LogP contribution in [0, 0.1) is 18.2 Å². The first-order valence-electron chi connectivity index (χ1n) is 19.0. The van der Waals surface area contributed by atoms with Crippen LogP contribution in [0.1, 0.15) is 58.4 Å². The summed E-state index contributed by atoms with van der Waals surface area (Å²) in [5, 5.41) is 1.63. The lowest BCUT2D eigenvalue weighted by molar-refractivity contribution is 0.00537. The first kappa shape index (κ1) is 35.7. The van der Waals surface area contributed by atoms with Crippen molar-refractivity contribution in [1.82, 2.24) is 24.8 Å². The number of hydrogen-bond donors (Lipinski definition) is 0. The molecule has 1 amide bonds. The van der Waals surface area contributed by atoms with Gasteiger partial charge in [-0.3, -0.25) is 9.80 Å². The first-order chi connectivity index (χ1) is 26.5. The van der Waals surface area contributed by atoms with Gasteiger partial charge in [-0.15, -0.1) is 6.42 Å². The number of amides is 1. The summed E-state index contributed by atoms with van der Waals surface area (Å²) in [7, 11) is 1.52. The molecular formula is C41H44F2N6O6. The van der Waals surface area contributed by atoms with Gasteiger partial charge in [0.1, 0.15) is 53.2 Å². The Balaban J connectivity index is 1.20. The highest BCUT2D eigenvalue weighted by atomic mass is 19.1. The van der Waals surface area contributed by atoms with E-state index >= 15 is 4.39 Å². The van der Waals surface area contributed by atoms with E-state index < -0.39 is 23.1 Å². The molecule has 12 nitrogen and oxygen atoms in total. The Morgan fingerprint density at radius 3 is 2.76 bits per heavy atom. The number of alkyl halides is 1. The summed E-state index contributed by atoms with van der Waals surface area (Å²) in [6.07, 6.45) is 8.25. The average molecular weight is 755 g/mol. The fourth-order valence-electron chi connectivity index (χ4n) is 9.47. The summed E-state index contributed by atoms with van der Waals surface area (Å²) < 4.78 is 62.1. The maximum absolute atomic E-state index is 17.5. The van der Waals surface area contributed by atoms with Crippen LogP contribution in [0.5, 0.6) is 17.6 Å². The summed E-state index contributed by atoms with van der Waals surface area (Å²) in [5.74, 6) is 3.01. The molecule has 5 aliphatic rings. The molecule has 4 aromatic rings. The number of carbonyl (C=O) groups excluding carboxylic acids is 1. The Bertz CT molecular complexity index is 2240. The van der Waals surface area contributed by atoms with Crippen molar-refractivity contribution in [2.24, 2.45) is 0 Å². The number of ether oxygens (including phenoxy) is 5. The molecule has 0 unspecified atom stereocenters. The van der Waals surface area contributed by atoms with Crippen LogP contribution < -0.4 is 19.1 Å². The monoisotopic (exact) mass is 754 g/mol. The van der Waals surface area contributed by atoms with Gasteiger partial charge < -0.3 is 28.6 Å². The molecule has 7 heterocycles. The van der Waals surface area contributed by atoms with Crippen LogP contribution in [0.25, 0.3) is 32.9 Å². The first-order valence-corrected chi connectivity index (χ1v) is 19.0. The molecule has 2 bridgehead atoms. The molecule has 288 valence electrons. The number of carbonyl (C=O) groups is 1. The summed E-state index contributed by atoms with van der Waals surface area (Å²) in [4.78, 5) is 34.2. The third kappa shape index (κ3) is 6.03. The Morgan fingerprint density at radius 2 is 1.96 bits per heavy atom. The third-order valence-electron chi connectivity index (χ3n) is 11.7. The van der Waals surface area contributed by atoms with Crippen LogP contribution in [0.2, 0.25) is 0 Å². The SMILES string of the molecule is C#Cc1cccc2cc(OCOC)cc(-c3nc4c5c(nc(OC[C@@]67CCCN6C[C@H](F)C7)nc5c3F)N3C[C@H]5CC[C@@H]([C@@H]3CO4)N5C(=O)OC(C)(C)C)c12. The number of nitrogens with zero attached hydrogens (tertiary/aromatic N) is 6. The second-order valence-electron chi connectivity index (χ2n) is 16.3. The molecular weight excluding hydrogens is 710 g/mol. The quantitative estimate of drug-likeness (QED) is 0.158. The van der Waals surface area contributed by atoms with E-state index in [0.29, 0.717) is 53.0 Å². The standard InChI is InChI=1S/C41H44F2N6O6/c1-6-23-9-7-10-24-15-27(54-22-51-5)16-28(31(23)24)34-33(43)35-32-36(46-38(45-35)53-21-41-13-8-14-47(41)18-25(42)17-41)48-19-26-11-12-29(30(48)20-52-37(32)44-34)49(26)39(50)55-40(2,3)4/h1,7,9-10,15-16,25-26,29-30H,8,11-14,17-22H2,2-5H3/t25-,26-,29+,30+,41+/m1/s1. The molecule has 0 saturated carbocycles. The number of halogens is 2. The highest BCUT2D eigenvalue weighted by Gasteiger charge is 2.52. The molecule has 0 aliphatic carbocycles. The largest absolute Gasteiger partial charge is 0.475 e. The van der Waals surface area contributed by atoms with Gasteiger partial charge in [-0.1, -0.05) is 18.1 Å². The van der Waals surface area contributed by atoms with Gasteiger partial charge in [0.25, 0.3) is 0 Å². The highest BCUT2D eigenvalue weighted by molar-refractivity contribution is 6.04. The number of methoxy groups -OCH3 is 1. The van der Waals surface area contributed by atoms with Crippen LogP contribution in [0.3, 0.4) is 0 Å². The van der Waals surface area contributed by atoms with E-state index in [1.807, 2.05) is 43.9 Å². The number of rotatable bonds is 7. The van der Waals surface area contributed by atoms with E-state index in [9.17, 15) is 9.18 Å². The lowest BCUT2D eigenvalue weighted by Gasteiger charge is -2.46.